The number of nitrogens with zero attached hydrogens (tertiary/aromatic N) is 1. The van der Waals surface area contributed by atoms with Crippen LogP contribution in [0.3, 0.4) is 0 Å². The molecule has 0 saturated carbocycles. The summed E-state index contributed by atoms with van der Waals surface area (Å²) in [6.45, 7) is 6.42. The molecule has 0 aliphatic heterocycles. The highest BCUT2D eigenvalue weighted by Gasteiger charge is 2.19. The van der Waals surface area contributed by atoms with Crippen molar-refractivity contribution >= 4 is 11.2 Å². The lowest BCUT2D eigenvalue weighted by molar-refractivity contribution is 0.503. The van der Waals surface area contributed by atoms with Gasteiger partial charge >= 0.3 is 5.76 Å². The molecule has 0 aromatic carbocycles. The summed E-state index contributed by atoms with van der Waals surface area (Å²) in [6.07, 6.45) is 2.78. The maximum atomic E-state index is 11.0. The third kappa shape index (κ3) is 1.67. The Morgan fingerprint density at radius 2 is 2.27 bits per heavy atom. The molecule has 2 aromatic heterocycles. The minimum atomic E-state index is -0.455. The second kappa shape index (κ2) is 3.22. The monoisotopic (exact) mass is 206 g/mol. The number of aromatic nitrogens is 2. The summed E-state index contributed by atoms with van der Waals surface area (Å²) < 4.78 is 4.85. The minimum Gasteiger partial charge on any atom is -0.389 e. The summed E-state index contributed by atoms with van der Waals surface area (Å²) >= 11 is 0. The highest BCUT2D eigenvalue weighted by molar-refractivity contribution is 5.68. The van der Waals surface area contributed by atoms with Crippen molar-refractivity contribution < 1.29 is 4.42 Å². The van der Waals surface area contributed by atoms with E-state index >= 15 is 0 Å². The molecule has 0 bridgehead atoms. The van der Waals surface area contributed by atoms with E-state index in [-0.39, 0.29) is 5.41 Å². The summed E-state index contributed by atoms with van der Waals surface area (Å²) in [5, 5.41) is 0. The maximum absolute atomic E-state index is 11.0. The molecule has 80 valence electrons. The fourth-order valence-corrected chi connectivity index (χ4v) is 1.42. The molecule has 4 nitrogen and oxygen atoms in total. The van der Waals surface area contributed by atoms with Gasteiger partial charge < -0.3 is 4.42 Å². The van der Waals surface area contributed by atoms with Crippen LogP contribution in [0, 0.1) is 0 Å². The first-order valence-corrected chi connectivity index (χ1v) is 5.02. The van der Waals surface area contributed by atoms with Gasteiger partial charge in [-0.3, -0.25) is 4.98 Å². The second-order valence-electron chi connectivity index (χ2n) is 4.33. The molecule has 2 rings (SSSR count). The van der Waals surface area contributed by atoms with Crippen molar-refractivity contribution in [2.45, 2.75) is 32.6 Å². The van der Waals surface area contributed by atoms with E-state index in [2.05, 4.69) is 30.7 Å². The predicted molar refractivity (Wildman–Crippen MR) is 57.9 cm³/mol. The van der Waals surface area contributed by atoms with E-state index < -0.39 is 5.76 Å². The SMILES string of the molecule is CCC(C)(C)c1cnc2oc(=O)[nH]c2c1. The topological polar surface area (TPSA) is 58.9 Å². The fraction of sp³-hybridized carbons (Fsp3) is 0.455. The van der Waals surface area contributed by atoms with E-state index in [1.807, 2.05) is 6.07 Å². The van der Waals surface area contributed by atoms with Crippen LogP contribution in [0.5, 0.6) is 0 Å². The normalized spacial score (nSPS) is 12.2. The third-order valence-corrected chi connectivity index (χ3v) is 2.94. The van der Waals surface area contributed by atoms with Crippen molar-refractivity contribution in [3.05, 3.63) is 28.4 Å². The van der Waals surface area contributed by atoms with Gasteiger partial charge in [-0.15, -0.1) is 0 Å². The van der Waals surface area contributed by atoms with Gasteiger partial charge in [-0.05, 0) is 23.5 Å². The second-order valence-corrected chi connectivity index (χ2v) is 4.33. The van der Waals surface area contributed by atoms with Gasteiger partial charge in [-0.25, -0.2) is 9.78 Å². The van der Waals surface area contributed by atoms with Crippen LogP contribution in [-0.2, 0) is 5.41 Å². The van der Waals surface area contributed by atoms with Crippen LogP contribution in [0.2, 0.25) is 0 Å². The maximum Gasteiger partial charge on any atom is 0.418 e. The van der Waals surface area contributed by atoms with Crippen molar-refractivity contribution in [1.82, 2.24) is 9.97 Å². The van der Waals surface area contributed by atoms with E-state index in [9.17, 15) is 4.79 Å². The van der Waals surface area contributed by atoms with Gasteiger partial charge in [-0.2, -0.15) is 0 Å². The highest BCUT2D eigenvalue weighted by Crippen LogP contribution is 2.27. The first-order chi connectivity index (χ1) is 7.03. The molecule has 4 heteroatoms. The quantitative estimate of drug-likeness (QED) is 0.819. The van der Waals surface area contributed by atoms with Crippen molar-refractivity contribution in [2.24, 2.45) is 0 Å². The van der Waals surface area contributed by atoms with Gasteiger partial charge in [0.25, 0.3) is 0 Å². The molecular weight excluding hydrogens is 192 g/mol. The highest BCUT2D eigenvalue weighted by atomic mass is 16.4. The Morgan fingerprint density at radius 3 is 2.93 bits per heavy atom. The Balaban J connectivity index is 2.60. The van der Waals surface area contributed by atoms with Crippen LogP contribution in [0.25, 0.3) is 11.2 Å². The molecule has 0 atom stereocenters. The largest absolute Gasteiger partial charge is 0.418 e. The molecule has 2 aromatic rings. The smallest absolute Gasteiger partial charge is 0.389 e. The molecule has 0 unspecified atom stereocenters. The summed E-state index contributed by atoms with van der Waals surface area (Å²) in [6, 6.07) is 1.93. The van der Waals surface area contributed by atoms with E-state index in [4.69, 9.17) is 4.42 Å². The number of oxazole rings is 1. The molecule has 0 radical (unpaired) electrons. The van der Waals surface area contributed by atoms with Gasteiger partial charge in [0.1, 0.15) is 5.52 Å². The van der Waals surface area contributed by atoms with Crippen molar-refractivity contribution in [3.63, 3.8) is 0 Å². The predicted octanol–water partition coefficient (Wildman–Crippen LogP) is 2.20. The summed E-state index contributed by atoms with van der Waals surface area (Å²) in [4.78, 5) is 17.7. The summed E-state index contributed by atoms with van der Waals surface area (Å²) in [5.41, 5.74) is 2.21. The lowest BCUT2D eigenvalue weighted by atomic mass is 9.83. The van der Waals surface area contributed by atoms with Gasteiger partial charge in [0.2, 0.25) is 5.71 Å². The number of pyridine rings is 1. The Morgan fingerprint density at radius 1 is 1.53 bits per heavy atom. The minimum absolute atomic E-state index is 0.0648. The Kier molecular flexibility index (Phi) is 2.14. The van der Waals surface area contributed by atoms with E-state index in [1.165, 1.54) is 0 Å². The molecule has 2 heterocycles. The number of rotatable bonds is 2. The summed E-state index contributed by atoms with van der Waals surface area (Å²) in [7, 11) is 0. The molecule has 15 heavy (non-hydrogen) atoms. The molecule has 1 N–H and O–H groups in total. The van der Waals surface area contributed by atoms with Crippen LogP contribution in [0.15, 0.2) is 21.5 Å². The zero-order valence-corrected chi connectivity index (χ0v) is 9.13. The van der Waals surface area contributed by atoms with Gasteiger partial charge in [0, 0.05) is 6.20 Å². The zero-order valence-electron chi connectivity index (χ0n) is 9.13. The Bertz CT molecular complexity index is 537. The Labute approximate surface area is 87.3 Å². The molecule has 0 amide bonds. The average molecular weight is 206 g/mol. The zero-order chi connectivity index (χ0) is 11.1. The van der Waals surface area contributed by atoms with E-state index in [0.717, 1.165) is 12.0 Å². The van der Waals surface area contributed by atoms with Crippen molar-refractivity contribution in [2.75, 3.05) is 0 Å². The van der Waals surface area contributed by atoms with Gasteiger partial charge in [-0.1, -0.05) is 20.8 Å². The lowest BCUT2D eigenvalue weighted by Gasteiger charge is -2.22. The number of hydrogen-bond donors (Lipinski definition) is 1. The van der Waals surface area contributed by atoms with Crippen LogP contribution in [0.1, 0.15) is 32.8 Å². The van der Waals surface area contributed by atoms with Crippen LogP contribution in [0.4, 0.5) is 0 Å². The number of aromatic amines is 1. The number of hydrogen-bond acceptors (Lipinski definition) is 3. The molecule has 0 aliphatic rings. The van der Waals surface area contributed by atoms with E-state index in [0.29, 0.717) is 11.2 Å². The number of H-pyrrole nitrogens is 1. The third-order valence-electron chi connectivity index (χ3n) is 2.94. The van der Waals surface area contributed by atoms with Crippen LogP contribution >= 0.6 is 0 Å². The van der Waals surface area contributed by atoms with Gasteiger partial charge in [0.05, 0.1) is 0 Å². The van der Waals surface area contributed by atoms with Crippen molar-refractivity contribution in [3.8, 4) is 0 Å². The fourth-order valence-electron chi connectivity index (χ4n) is 1.42. The standard InChI is InChI=1S/C11H14N2O2/c1-4-11(2,3)7-5-8-9(12-6-7)15-10(14)13-8/h5-6H,4H2,1-3H3,(H,13,14). The molecular formula is C11H14N2O2. The molecule has 0 fully saturated rings. The lowest BCUT2D eigenvalue weighted by Crippen LogP contribution is -2.15. The van der Waals surface area contributed by atoms with Gasteiger partial charge in [0.15, 0.2) is 0 Å². The first-order valence-electron chi connectivity index (χ1n) is 5.02. The number of nitrogens with one attached hydrogen (secondary N) is 1. The van der Waals surface area contributed by atoms with E-state index in [1.54, 1.807) is 6.20 Å². The molecule has 0 spiro atoms. The Hall–Kier alpha value is -1.58. The number of fused-ring (bicyclic) bond motifs is 1. The summed E-state index contributed by atoms with van der Waals surface area (Å²) in [5.74, 6) is -0.455. The average Bonchev–Trinajstić information content (AvgIpc) is 2.56. The molecule has 0 saturated heterocycles. The molecule has 0 aliphatic carbocycles. The first kappa shape index (κ1) is 9.96. The van der Waals surface area contributed by atoms with Crippen LogP contribution < -0.4 is 5.76 Å². The van der Waals surface area contributed by atoms with Crippen molar-refractivity contribution in [1.29, 1.82) is 0 Å². The van der Waals surface area contributed by atoms with Crippen LogP contribution in [-0.4, -0.2) is 9.97 Å².